The number of amides is 1. The summed E-state index contributed by atoms with van der Waals surface area (Å²) in [6, 6.07) is 9.76. The second-order valence-electron chi connectivity index (χ2n) is 7.02. The van der Waals surface area contributed by atoms with E-state index in [1.165, 1.54) is 0 Å². The second-order valence-corrected chi connectivity index (χ2v) is 7.02. The Morgan fingerprint density at radius 1 is 1.27 bits per heavy atom. The molecule has 30 heavy (non-hydrogen) atoms. The average Bonchev–Trinajstić information content (AvgIpc) is 3.41. The van der Waals surface area contributed by atoms with Crippen molar-refractivity contribution in [2.45, 2.75) is 13.5 Å². The Labute approximate surface area is 175 Å². The summed E-state index contributed by atoms with van der Waals surface area (Å²) in [5.74, 6) is 1.29. The molecular weight excluding hydrogens is 382 g/mol. The number of guanidine groups is 1. The molecule has 1 amide bonds. The largest absolute Gasteiger partial charge is 0.444 e. The first kappa shape index (κ1) is 19.7. The number of rotatable bonds is 5. The molecule has 2 aromatic heterocycles. The van der Waals surface area contributed by atoms with Crippen LogP contribution in [0.1, 0.15) is 12.6 Å². The first-order valence-corrected chi connectivity index (χ1v) is 9.96. The van der Waals surface area contributed by atoms with Gasteiger partial charge in [0.05, 0.1) is 18.4 Å². The summed E-state index contributed by atoms with van der Waals surface area (Å²) in [6.45, 7) is 4.61. The number of aliphatic imine (C=N–C) groups is 1. The molecule has 9 heteroatoms. The monoisotopic (exact) mass is 407 g/mol. The van der Waals surface area contributed by atoms with E-state index in [1.54, 1.807) is 22.0 Å². The number of anilines is 1. The number of benzene rings is 1. The quantitative estimate of drug-likeness (QED) is 0.513. The molecule has 9 nitrogen and oxygen atoms in total. The van der Waals surface area contributed by atoms with Crippen LogP contribution in [0.5, 0.6) is 0 Å². The lowest BCUT2D eigenvalue weighted by atomic mass is 10.2. The van der Waals surface area contributed by atoms with Gasteiger partial charge in [-0.25, -0.2) is 9.98 Å². The van der Waals surface area contributed by atoms with Crippen molar-refractivity contribution in [1.29, 1.82) is 0 Å². The molecule has 3 heterocycles. The van der Waals surface area contributed by atoms with E-state index in [1.807, 2.05) is 55.4 Å². The zero-order chi connectivity index (χ0) is 20.9. The summed E-state index contributed by atoms with van der Waals surface area (Å²) in [4.78, 5) is 25.6. The van der Waals surface area contributed by atoms with Crippen molar-refractivity contribution in [3.05, 3.63) is 54.7 Å². The third-order valence-corrected chi connectivity index (χ3v) is 4.82. The van der Waals surface area contributed by atoms with Gasteiger partial charge in [0.1, 0.15) is 18.5 Å². The van der Waals surface area contributed by atoms with Crippen LogP contribution in [0.3, 0.4) is 0 Å². The highest BCUT2D eigenvalue weighted by atomic mass is 16.3. The predicted octanol–water partition coefficient (Wildman–Crippen LogP) is 1.89. The first-order chi connectivity index (χ1) is 14.6. The molecule has 0 atom stereocenters. The number of hydrogen-bond acceptors (Lipinski definition) is 5. The maximum Gasteiger partial charge on any atom is 0.246 e. The highest BCUT2D eigenvalue weighted by Gasteiger charge is 2.27. The Bertz CT molecular complexity index is 1020. The molecule has 1 saturated heterocycles. The van der Waals surface area contributed by atoms with Gasteiger partial charge in [-0.05, 0) is 19.1 Å². The summed E-state index contributed by atoms with van der Waals surface area (Å²) < 4.78 is 7.28. The lowest BCUT2D eigenvalue weighted by Crippen LogP contribution is -2.55. The molecule has 0 radical (unpaired) electrons. The number of carbonyl (C=O) groups is 1. The number of oxazole rings is 1. The summed E-state index contributed by atoms with van der Waals surface area (Å²) in [5, 5.41) is 7.42. The van der Waals surface area contributed by atoms with Crippen LogP contribution in [0, 0.1) is 0 Å². The maximum absolute atomic E-state index is 12.7. The molecule has 1 aliphatic heterocycles. The van der Waals surface area contributed by atoms with E-state index in [0.29, 0.717) is 38.0 Å². The van der Waals surface area contributed by atoms with Gasteiger partial charge in [-0.15, -0.1) is 0 Å². The Hall–Kier alpha value is -3.62. The van der Waals surface area contributed by atoms with Crippen LogP contribution in [0.25, 0.3) is 11.5 Å². The molecule has 1 aromatic carbocycles. The lowest BCUT2D eigenvalue weighted by Gasteiger charge is -2.35. The van der Waals surface area contributed by atoms with Crippen molar-refractivity contribution >= 4 is 17.6 Å². The number of piperazine rings is 1. The number of aromatic nitrogens is 3. The summed E-state index contributed by atoms with van der Waals surface area (Å²) >= 11 is 0. The van der Waals surface area contributed by atoms with Crippen LogP contribution in [0.4, 0.5) is 5.69 Å². The second kappa shape index (κ2) is 8.81. The molecule has 0 saturated carbocycles. The fourth-order valence-electron chi connectivity index (χ4n) is 3.35. The van der Waals surface area contributed by atoms with E-state index in [-0.39, 0.29) is 12.5 Å². The van der Waals surface area contributed by atoms with E-state index in [9.17, 15) is 4.79 Å². The number of hydrogen-bond donors (Lipinski definition) is 1. The van der Waals surface area contributed by atoms with Crippen molar-refractivity contribution in [1.82, 2.24) is 25.0 Å². The molecular formula is C21H25N7O2. The van der Waals surface area contributed by atoms with Gasteiger partial charge in [-0.2, -0.15) is 5.10 Å². The van der Waals surface area contributed by atoms with Gasteiger partial charge in [-0.1, -0.05) is 18.2 Å². The van der Waals surface area contributed by atoms with Crippen LogP contribution in [-0.4, -0.2) is 57.7 Å². The van der Waals surface area contributed by atoms with Gasteiger partial charge < -0.3 is 19.5 Å². The Kier molecular flexibility index (Phi) is 5.78. The molecule has 156 valence electrons. The van der Waals surface area contributed by atoms with Gasteiger partial charge >= 0.3 is 0 Å². The van der Waals surface area contributed by atoms with E-state index < -0.39 is 0 Å². The van der Waals surface area contributed by atoms with Crippen LogP contribution in [0.15, 0.2) is 58.4 Å². The van der Waals surface area contributed by atoms with Crippen molar-refractivity contribution in [2.75, 3.05) is 31.1 Å². The molecule has 1 fully saturated rings. The Morgan fingerprint density at radius 2 is 2.10 bits per heavy atom. The summed E-state index contributed by atoms with van der Waals surface area (Å²) in [7, 11) is 1.84. The minimum absolute atomic E-state index is 0.0210. The molecule has 3 aromatic rings. The number of carbonyl (C=O) groups excluding carboxylic acids is 1. The Morgan fingerprint density at radius 3 is 2.80 bits per heavy atom. The van der Waals surface area contributed by atoms with Gasteiger partial charge in [0.15, 0.2) is 5.96 Å². The molecule has 4 rings (SSSR count). The van der Waals surface area contributed by atoms with Crippen molar-refractivity contribution in [3.63, 3.8) is 0 Å². The molecule has 1 aliphatic rings. The molecule has 0 unspecified atom stereocenters. The van der Waals surface area contributed by atoms with Crippen LogP contribution in [-0.2, 0) is 18.4 Å². The Balaban J connectivity index is 1.43. The van der Waals surface area contributed by atoms with Crippen molar-refractivity contribution < 1.29 is 9.21 Å². The highest BCUT2D eigenvalue weighted by Crippen LogP contribution is 2.19. The maximum atomic E-state index is 12.7. The van der Waals surface area contributed by atoms with Crippen LogP contribution < -0.4 is 10.2 Å². The van der Waals surface area contributed by atoms with Gasteiger partial charge in [0.25, 0.3) is 0 Å². The SMILES string of the molecule is CCNC(=NCc1coc(-c2ccccc2)n1)N1CCN(c2cnn(C)c2)C(=O)C1. The number of nitrogens with one attached hydrogen (secondary N) is 1. The van der Waals surface area contributed by atoms with E-state index in [4.69, 9.17) is 4.42 Å². The van der Waals surface area contributed by atoms with Crippen molar-refractivity contribution in [2.24, 2.45) is 12.0 Å². The molecule has 0 spiro atoms. The standard InChI is InChI=1S/C21H25N7O2/c1-3-22-21(23-11-17-15-30-20(25-17)16-7-5-4-6-8-16)27-9-10-28(19(29)14-27)18-12-24-26(2)13-18/h4-8,12-13,15H,3,9-11,14H2,1-2H3,(H,22,23). The number of aryl methyl sites for hydroxylation is 1. The summed E-state index contributed by atoms with van der Waals surface area (Å²) in [5.41, 5.74) is 2.49. The average molecular weight is 407 g/mol. The molecule has 0 aliphatic carbocycles. The first-order valence-electron chi connectivity index (χ1n) is 9.96. The molecule has 0 bridgehead atoms. The smallest absolute Gasteiger partial charge is 0.246 e. The van der Waals surface area contributed by atoms with Crippen LogP contribution in [0.2, 0.25) is 0 Å². The van der Waals surface area contributed by atoms with Gasteiger partial charge in [-0.3, -0.25) is 9.48 Å². The predicted molar refractivity (Wildman–Crippen MR) is 114 cm³/mol. The zero-order valence-electron chi connectivity index (χ0n) is 17.2. The summed E-state index contributed by atoms with van der Waals surface area (Å²) in [6.07, 6.45) is 5.18. The number of nitrogens with zero attached hydrogens (tertiary/aromatic N) is 6. The normalized spacial score (nSPS) is 15.0. The van der Waals surface area contributed by atoms with Crippen molar-refractivity contribution in [3.8, 4) is 11.5 Å². The van der Waals surface area contributed by atoms with E-state index >= 15 is 0 Å². The van der Waals surface area contributed by atoms with Gasteiger partial charge in [0.2, 0.25) is 11.8 Å². The molecule has 1 N–H and O–H groups in total. The lowest BCUT2D eigenvalue weighted by molar-refractivity contribution is -0.120. The highest BCUT2D eigenvalue weighted by molar-refractivity contribution is 5.98. The topological polar surface area (TPSA) is 91.8 Å². The fraction of sp³-hybridized carbons (Fsp3) is 0.333. The van der Waals surface area contributed by atoms with Gasteiger partial charge in [0, 0.05) is 38.4 Å². The van der Waals surface area contributed by atoms with E-state index in [0.717, 1.165) is 16.9 Å². The fourth-order valence-corrected chi connectivity index (χ4v) is 3.35. The third kappa shape index (κ3) is 4.35. The third-order valence-electron chi connectivity index (χ3n) is 4.82. The van der Waals surface area contributed by atoms with E-state index in [2.05, 4.69) is 20.4 Å². The minimum Gasteiger partial charge on any atom is -0.444 e. The van der Waals surface area contributed by atoms with Crippen LogP contribution >= 0.6 is 0 Å². The zero-order valence-corrected chi connectivity index (χ0v) is 17.2. The minimum atomic E-state index is 0.0210.